The van der Waals surface area contributed by atoms with E-state index in [1.807, 2.05) is 19.1 Å². The minimum atomic E-state index is -0.503. The van der Waals surface area contributed by atoms with Crippen molar-refractivity contribution >= 4 is 17.5 Å². The predicted molar refractivity (Wildman–Crippen MR) is 77.3 cm³/mol. The average Bonchev–Trinajstić information content (AvgIpc) is 3.03. The predicted octanol–water partition coefficient (Wildman–Crippen LogP) is 2.60. The van der Waals surface area contributed by atoms with Crippen LogP contribution in [0.2, 0.25) is 5.02 Å². The quantitative estimate of drug-likeness (QED) is 0.874. The number of nitrogens with zero attached hydrogens (tertiary/aromatic N) is 2. The van der Waals surface area contributed by atoms with Crippen LogP contribution in [-0.2, 0) is 17.8 Å². The molecule has 0 fully saturated rings. The van der Waals surface area contributed by atoms with E-state index < -0.39 is 6.10 Å². The van der Waals surface area contributed by atoms with Crippen molar-refractivity contribution in [1.29, 1.82) is 0 Å². The highest BCUT2D eigenvalue weighted by atomic mass is 35.5. The first kappa shape index (κ1) is 13.9. The highest BCUT2D eigenvalue weighted by Crippen LogP contribution is 2.31. The third-order valence-corrected chi connectivity index (χ3v) is 3.66. The molecule has 1 amide bonds. The van der Waals surface area contributed by atoms with Gasteiger partial charge >= 0.3 is 0 Å². The van der Waals surface area contributed by atoms with Crippen molar-refractivity contribution in [2.45, 2.75) is 26.0 Å². The number of carbonyl (C=O) groups is 1. The summed E-state index contributed by atoms with van der Waals surface area (Å²) >= 11 is 5.95. The monoisotopic (exact) mass is 306 g/mol. The number of halogens is 1. The van der Waals surface area contributed by atoms with Crippen LogP contribution < -0.4 is 4.74 Å². The van der Waals surface area contributed by atoms with Gasteiger partial charge in [-0.05, 0) is 30.7 Å². The molecule has 21 heavy (non-hydrogen) atoms. The molecule has 0 N–H and O–H groups in total. The van der Waals surface area contributed by atoms with E-state index in [9.17, 15) is 4.79 Å². The Morgan fingerprint density at radius 3 is 3.00 bits per heavy atom. The van der Waals surface area contributed by atoms with Crippen LogP contribution in [0.25, 0.3) is 0 Å². The molecule has 0 saturated carbocycles. The number of benzene rings is 1. The van der Waals surface area contributed by atoms with Crippen molar-refractivity contribution in [2.24, 2.45) is 0 Å². The third-order valence-electron chi connectivity index (χ3n) is 3.42. The molecule has 1 unspecified atom stereocenters. The molecule has 1 aliphatic heterocycles. The van der Waals surface area contributed by atoms with Crippen molar-refractivity contribution in [3.63, 3.8) is 0 Å². The number of hydrogen-bond donors (Lipinski definition) is 0. The number of likely N-dealkylation sites (N-methyl/N-ethyl adjacent to an activating group) is 1. The van der Waals surface area contributed by atoms with Crippen LogP contribution in [0.1, 0.15) is 17.0 Å². The molecule has 6 heteroatoms. The van der Waals surface area contributed by atoms with E-state index in [-0.39, 0.29) is 5.91 Å². The summed E-state index contributed by atoms with van der Waals surface area (Å²) in [6, 6.07) is 7.21. The summed E-state index contributed by atoms with van der Waals surface area (Å²) in [7, 11) is 1.73. The Morgan fingerprint density at radius 1 is 1.48 bits per heavy atom. The molecular formula is C15H15ClN2O3. The highest BCUT2D eigenvalue weighted by molar-refractivity contribution is 6.30. The first-order chi connectivity index (χ1) is 10.0. The Morgan fingerprint density at radius 2 is 2.29 bits per heavy atom. The fourth-order valence-corrected chi connectivity index (χ4v) is 2.61. The van der Waals surface area contributed by atoms with E-state index in [0.717, 1.165) is 22.8 Å². The molecule has 1 aliphatic rings. The maximum atomic E-state index is 12.4. The minimum absolute atomic E-state index is 0.0806. The van der Waals surface area contributed by atoms with Crippen molar-refractivity contribution in [1.82, 2.24) is 10.1 Å². The van der Waals surface area contributed by atoms with Crippen LogP contribution in [0.4, 0.5) is 0 Å². The number of amides is 1. The second-order valence-electron chi connectivity index (χ2n) is 5.19. The van der Waals surface area contributed by atoms with E-state index in [0.29, 0.717) is 18.0 Å². The van der Waals surface area contributed by atoms with Gasteiger partial charge < -0.3 is 14.2 Å². The summed E-state index contributed by atoms with van der Waals surface area (Å²) in [5.74, 6) is 1.37. The molecular weight excluding hydrogens is 292 g/mol. The Hall–Kier alpha value is -2.01. The molecule has 0 aliphatic carbocycles. The Balaban J connectivity index is 1.66. The zero-order valence-corrected chi connectivity index (χ0v) is 12.6. The van der Waals surface area contributed by atoms with E-state index >= 15 is 0 Å². The molecule has 0 bridgehead atoms. The SMILES string of the molecule is Cc1cc(CN(C)C(=O)C2Cc3cc(Cl)ccc3O2)no1. The number of carbonyl (C=O) groups excluding carboxylic acids is 1. The molecule has 2 aromatic rings. The van der Waals surface area contributed by atoms with Gasteiger partial charge in [0.05, 0.1) is 6.54 Å². The molecule has 5 nitrogen and oxygen atoms in total. The van der Waals surface area contributed by atoms with Crippen LogP contribution in [-0.4, -0.2) is 29.1 Å². The lowest BCUT2D eigenvalue weighted by Gasteiger charge is -2.19. The molecule has 2 heterocycles. The third kappa shape index (κ3) is 2.88. The fraction of sp³-hybridized carbons (Fsp3) is 0.333. The van der Waals surface area contributed by atoms with Crippen molar-refractivity contribution < 1.29 is 14.1 Å². The van der Waals surface area contributed by atoms with Gasteiger partial charge in [0.2, 0.25) is 0 Å². The molecule has 1 atom stereocenters. The van der Waals surface area contributed by atoms with Gasteiger partial charge in [0.25, 0.3) is 5.91 Å². The standard InChI is InChI=1S/C15H15ClN2O3/c1-9-5-12(17-21-9)8-18(2)15(19)14-7-10-6-11(16)3-4-13(10)20-14/h3-6,14H,7-8H2,1-2H3. The summed E-state index contributed by atoms with van der Waals surface area (Å²) in [6.07, 6.45) is 0.0353. The van der Waals surface area contributed by atoms with Crippen molar-refractivity contribution in [2.75, 3.05) is 7.05 Å². The maximum Gasteiger partial charge on any atom is 0.264 e. The second kappa shape index (κ2) is 5.41. The normalized spacial score (nSPS) is 16.4. The minimum Gasteiger partial charge on any atom is -0.480 e. The molecule has 1 aromatic carbocycles. The van der Waals surface area contributed by atoms with E-state index in [1.54, 1.807) is 24.1 Å². The second-order valence-corrected chi connectivity index (χ2v) is 5.62. The van der Waals surface area contributed by atoms with Gasteiger partial charge in [-0.25, -0.2) is 0 Å². The first-order valence-electron chi connectivity index (χ1n) is 6.65. The fourth-order valence-electron chi connectivity index (χ4n) is 2.41. The van der Waals surface area contributed by atoms with Crippen molar-refractivity contribution in [3.8, 4) is 5.75 Å². The first-order valence-corrected chi connectivity index (χ1v) is 7.03. The number of hydrogen-bond acceptors (Lipinski definition) is 4. The van der Waals surface area contributed by atoms with Gasteiger partial charge in [-0.2, -0.15) is 0 Å². The summed E-state index contributed by atoms with van der Waals surface area (Å²) in [5, 5.41) is 4.54. The van der Waals surface area contributed by atoms with Crippen LogP contribution in [0.5, 0.6) is 5.75 Å². The summed E-state index contributed by atoms with van der Waals surface area (Å²) in [4.78, 5) is 14.0. The number of rotatable bonds is 3. The van der Waals surface area contributed by atoms with Gasteiger partial charge in [-0.3, -0.25) is 4.79 Å². The van der Waals surface area contributed by atoms with E-state index in [4.69, 9.17) is 20.9 Å². The van der Waals surface area contributed by atoms with Crippen LogP contribution in [0.3, 0.4) is 0 Å². The topological polar surface area (TPSA) is 55.6 Å². The zero-order valence-electron chi connectivity index (χ0n) is 11.8. The summed E-state index contributed by atoms with van der Waals surface area (Å²) in [5.41, 5.74) is 1.69. The van der Waals surface area contributed by atoms with Gasteiger partial charge in [0, 0.05) is 24.6 Å². The average molecular weight is 307 g/mol. The number of aromatic nitrogens is 1. The van der Waals surface area contributed by atoms with Crippen LogP contribution in [0, 0.1) is 6.92 Å². The molecule has 0 radical (unpaired) electrons. The Bertz CT molecular complexity index is 683. The van der Waals surface area contributed by atoms with E-state index in [1.165, 1.54) is 0 Å². The molecule has 3 rings (SSSR count). The van der Waals surface area contributed by atoms with E-state index in [2.05, 4.69) is 5.16 Å². The zero-order chi connectivity index (χ0) is 15.0. The summed E-state index contributed by atoms with van der Waals surface area (Å²) in [6.45, 7) is 2.21. The van der Waals surface area contributed by atoms with Crippen molar-refractivity contribution in [3.05, 3.63) is 46.3 Å². The maximum absolute atomic E-state index is 12.4. The molecule has 110 valence electrons. The van der Waals surface area contributed by atoms with Gasteiger partial charge in [0.15, 0.2) is 6.10 Å². The lowest BCUT2D eigenvalue weighted by atomic mass is 10.1. The Labute approximate surface area is 127 Å². The largest absolute Gasteiger partial charge is 0.480 e. The molecule has 0 saturated heterocycles. The Kier molecular flexibility index (Phi) is 3.59. The lowest BCUT2D eigenvalue weighted by molar-refractivity contribution is -0.137. The number of aryl methyl sites for hydroxylation is 1. The lowest BCUT2D eigenvalue weighted by Crippen LogP contribution is -2.38. The summed E-state index contributed by atoms with van der Waals surface area (Å²) < 4.78 is 10.7. The van der Waals surface area contributed by atoms with Gasteiger partial charge in [-0.1, -0.05) is 16.8 Å². The van der Waals surface area contributed by atoms with Crippen LogP contribution >= 0.6 is 11.6 Å². The number of ether oxygens (including phenoxy) is 1. The smallest absolute Gasteiger partial charge is 0.264 e. The van der Waals surface area contributed by atoms with Gasteiger partial charge in [0.1, 0.15) is 17.2 Å². The van der Waals surface area contributed by atoms with Gasteiger partial charge in [-0.15, -0.1) is 0 Å². The molecule has 1 aromatic heterocycles. The number of fused-ring (bicyclic) bond motifs is 1. The van der Waals surface area contributed by atoms with Crippen LogP contribution in [0.15, 0.2) is 28.8 Å². The molecule has 0 spiro atoms. The highest BCUT2D eigenvalue weighted by Gasteiger charge is 2.31.